The van der Waals surface area contributed by atoms with Gasteiger partial charge in [-0.15, -0.1) is 0 Å². The van der Waals surface area contributed by atoms with Crippen LogP contribution in [0.4, 0.5) is 4.39 Å². The lowest BCUT2D eigenvalue weighted by Gasteiger charge is -2.29. The van der Waals surface area contributed by atoms with Crippen molar-refractivity contribution in [1.82, 2.24) is 9.62 Å². The van der Waals surface area contributed by atoms with Crippen molar-refractivity contribution in [3.05, 3.63) is 34.1 Å². The van der Waals surface area contributed by atoms with Gasteiger partial charge in [0.2, 0.25) is 15.9 Å². The first-order valence-electron chi connectivity index (χ1n) is 6.94. The number of carbonyl (C=O) groups excluding carboxylic acids is 1. The molecule has 1 aromatic carbocycles. The third kappa shape index (κ3) is 4.50. The number of sulfonamides is 1. The summed E-state index contributed by atoms with van der Waals surface area (Å²) < 4.78 is 38.2. The molecule has 1 aliphatic heterocycles. The normalized spacial score (nSPS) is 17.4. The zero-order valence-corrected chi connectivity index (χ0v) is 14.6. The first-order chi connectivity index (χ1) is 10.3. The fourth-order valence-corrected chi connectivity index (χ4v) is 3.72. The summed E-state index contributed by atoms with van der Waals surface area (Å²) in [5.41, 5.74) is 0.668. The van der Waals surface area contributed by atoms with Gasteiger partial charge in [0, 0.05) is 30.0 Å². The molecule has 0 saturated carbocycles. The van der Waals surface area contributed by atoms with E-state index in [-0.39, 0.29) is 24.2 Å². The Morgan fingerprint density at radius 2 is 2.05 bits per heavy atom. The van der Waals surface area contributed by atoms with Gasteiger partial charge >= 0.3 is 0 Å². The van der Waals surface area contributed by atoms with Gasteiger partial charge in [-0.05, 0) is 36.6 Å². The molecule has 1 heterocycles. The lowest BCUT2D eigenvalue weighted by atomic mass is 9.97. The average molecular weight is 393 g/mol. The molecule has 0 unspecified atom stereocenters. The van der Waals surface area contributed by atoms with Crippen LogP contribution in [0.15, 0.2) is 22.7 Å². The van der Waals surface area contributed by atoms with Crippen LogP contribution in [0.2, 0.25) is 0 Å². The summed E-state index contributed by atoms with van der Waals surface area (Å²) in [6.45, 7) is 0.963. The minimum Gasteiger partial charge on any atom is -0.352 e. The molecule has 1 saturated heterocycles. The van der Waals surface area contributed by atoms with Crippen molar-refractivity contribution in [2.24, 2.45) is 5.92 Å². The molecule has 0 aliphatic carbocycles. The van der Waals surface area contributed by atoms with Crippen molar-refractivity contribution in [1.29, 1.82) is 0 Å². The van der Waals surface area contributed by atoms with Gasteiger partial charge < -0.3 is 5.32 Å². The van der Waals surface area contributed by atoms with Gasteiger partial charge in [-0.25, -0.2) is 17.1 Å². The number of benzene rings is 1. The summed E-state index contributed by atoms with van der Waals surface area (Å²) in [6, 6.07) is 4.31. The van der Waals surface area contributed by atoms with Gasteiger partial charge in [0.05, 0.1) is 6.26 Å². The number of nitrogens with zero attached hydrogens (tertiary/aromatic N) is 1. The first kappa shape index (κ1) is 17.4. The first-order valence-corrected chi connectivity index (χ1v) is 9.58. The van der Waals surface area contributed by atoms with Gasteiger partial charge in [0.25, 0.3) is 0 Å². The Hall–Kier alpha value is -0.990. The molecule has 0 spiro atoms. The second kappa shape index (κ2) is 7.06. The van der Waals surface area contributed by atoms with Crippen molar-refractivity contribution < 1.29 is 17.6 Å². The topological polar surface area (TPSA) is 66.5 Å². The van der Waals surface area contributed by atoms with Gasteiger partial charge in [0.15, 0.2) is 0 Å². The van der Waals surface area contributed by atoms with Crippen molar-refractivity contribution in [3.63, 3.8) is 0 Å². The van der Waals surface area contributed by atoms with Gasteiger partial charge in [-0.2, -0.15) is 0 Å². The van der Waals surface area contributed by atoms with Crippen LogP contribution in [0.25, 0.3) is 0 Å². The fourth-order valence-electron chi connectivity index (χ4n) is 2.46. The maximum atomic E-state index is 13.2. The number of amides is 1. The summed E-state index contributed by atoms with van der Waals surface area (Å²) in [6.07, 6.45) is 2.18. The minimum atomic E-state index is -3.19. The number of rotatable bonds is 4. The van der Waals surface area contributed by atoms with E-state index in [1.165, 1.54) is 22.7 Å². The van der Waals surface area contributed by atoms with Crippen molar-refractivity contribution in [2.75, 3.05) is 19.3 Å². The summed E-state index contributed by atoms with van der Waals surface area (Å²) in [4.78, 5) is 12.1. The molecule has 2 rings (SSSR count). The lowest BCUT2D eigenvalue weighted by Crippen LogP contribution is -2.42. The van der Waals surface area contributed by atoms with Crippen LogP contribution in [0.3, 0.4) is 0 Å². The average Bonchev–Trinajstić information content (AvgIpc) is 2.47. The largest absolute Gasteiger partial charge is 0.352 e. The highest BCUT2D eigenvalue weighted by Crippen LogP contribution is 2.21. The predicted octanol–water partition coefficient (Wildman–Crippen LogP) is 1.88. The van der Waals surface area contributed by atoms with Crippen LogP contribution in [0.1, 0.15) is 18.4 Å². The Bertz CT molecular complexity index is 658. The summed E-state index contributed by atoms with van der Waals surface area (Å²) in [5.74, 6) is -0.677. The second-order valence-corrected chi connectivity index (χ2v) is 8.23. The monoisotopic (exact) mass is 392 g/mol. The third-order valence-electron chi connectivity index (χ3n) is 3.75. The minimum absolute atomic E-state index is 0.121. The lowest BCUT2D eigenvalue weighted by molar-refractivity contribution is -0.126. The quantitative estimate of drug-likeness (QED) is 0.850. The van der Waals surface area contributed by atoms with E-state index >= 15 is 0 Å². The Morgan fingerprint density at radius 3 is 2.64 bits per heavy atom. The highest BCUT2D eigenvalue weighted by Gasteiger charge is 2.28. The van der Waals surface area contributed by atoms with Crippen molar-refractivity contribution in [3.8, 4) is 0 Å². The van der Waals surface area contributed by atoms with Gasteiger partial charge in [-0.1, -0.05) is 15.9 Å². The zero-order valence-electron chi connectivity index (χ0n) is 12.2. The highest BCUT2D eigenvalue weighted by atomic mass is 79.9. The molecular weight excluding hydrogens is 375 g/mol. The fraction of sp³-hybridized carbons (Fsp3) is 0.500. The van der Waals surface area contributed by atoms with Crippen LogP contribution in [0, 0.1) is 11.7 Å². The number of halogens is 2. The SMILES string of the molecule is CS(=O)(=O)N1CCC(C(=O)NCc2cc(F)ccc2Br)CC1. The maximum absolute atomic E-state index is 13.2. The molecule has 1 aromatic rings. The summed E-state index contributed by atoms with van der Waals surface area (Å²) in [5, 5.41) is 2.79. The number of nitrogens with one attached hydrogen (secondary N) is 1. The molecule has 122 valence electrons. The number of hydrogen-bond donors (Lipinski definition) is 1. The van der Waals surface area contributed by atoms with E-state index in [1.54, 1.807) is 6.07 Å². The van der Waals surface area contributed by atoms with Crippen LogP contribution in [-0.4, -0.2) is 38.0 Å². The van der Waals surface area contributed by atoms with Gasteiger partial charge in [0.1, 0.15) is 5.82 Å². The van der Waals surface area contributed by atoms with Gasteiger partial charge in [-0.3, -0.25) is 4.79 Å². The molecule has 5 nitrogen and oxygen atoms in total. The van der Waals surface area contributed by atoms with Crippen LogP contribution in [-0.2, 0) is 21.4 Å². The van der Waals surface area contributed by atoms with E-state index < -0.39 is 10.0 Å². The summed E-state index contributed by atoms with van der Waals surface area (Å²) in [7, 11) is -3.19. The molecular formula is C14H18BrFN2O3S. The number of carbonyl (C=O) groups is 1. The second-order valence-electron chi connectivity index (χ2n) is 5.39. The molecule has 1 amide bonds. The molecule has 1 aliphatic rings. The maximum Gasteiger partial charge on any atom is 0.223 e. The van der Waals surface area contributed by atoms with Crippen LogP contribution >= 0.6 is 15.9 Å². The molecule has 8 heteroatoms. The van der Waals surface area contributed by atoms with Crippen LogP contribution < -0.4 is 5.32 Å². The van der Waals surface area contributed by atoms with E-state index in [0.29, 0.717) is 31.5 Å². The molecule has 0 aromatic heterocycles. The smallest absolute Gasteiger partial charge is 0.223 e. The molecule has 0 radical (unpaired) electrons. The highest BCUT2D eigenvalue weighted by molar-refractivity contribution is 9.10. The molecule has 1 N–H and O–H groups in total. The summed E-state index contributed by atoms with van der Waals surface area (Å²) >= 11 is 3.31. The number of piperidine rings is 1. The van der Waals surface area contributed by atoms with E-state index in [9.17, 15) is 17.6 Å². The van der Waals surface area contributed by atoms with E-state index in [0.717, 1.165) is 4.47 Å². The van der Waals surface area contributed by atoms with Crippen molar-refractivity contribution in [2.45, 2.75) is 19.4 Å². The molecule has 0 atom stereocenters. The molecule has 0 bridgehead atoms. The molecule has 22 heavy (non-hydrogen) atoms. The van der Waals surface area contributed by atoms with E-state index in [4.69, 9.17) is 0 Å². The Morgan fingerprint density at radius 1 is 1.41 bits per heavy atom. The predicted molar refractivity (Wildman–Crippen MR) is 85.1 cm³/mol. The Kier molecular flexibility index (Phi) is 5.57. The Labute approximate surface area is 138 Å². The standard InChI is InChI=1S/C14H18BrFN2O3S/c1-22(20,21)18-6-4-10(5-7-18)14(19)17-9-11-8-12(16)2-3-13(11)15/h2-3,8,10H,4-7,9H2,1H3,(H,17,19). The number of hydrogen-bond acceptors (Lipinski definition) is 3. The van der Waals surface area contributed by atoms with E-state index in [1.807, 2.05) is 0 Å². The zero-order chi connectivity index (χ0) is 16.3. The molecule has 1 fully saturated rings. The van der Waals surface area contributed by atoms with Crippen LogP contribution in [0.5, 0.6) is 0 Å². The Balaban J connectivity index is 1.87. The van der Waals surface area contributed by atoms with Crippen molar-refractivity contribution >= 4 is 31.9 Å². The third-order valence-corrected chi connectivity index (χ3v) is 5.83. The van der Waals surface area contributed by atoms with E-state index in [2.05, 4.69) is 21.2 Å².